The summed E-state index contributed by atoms with van der Waals surface area (Å²) in [6.07, 6.45) is -1.42. The molecule has 150 valence electrons. The highest BCUT2D eigenvalue weighted by Gasteiger charge is 2.36. The highest BCUT2D eigenvalue weighted by atomic mass is 19.4. The third-order valence-electron chi connectivity index (χ3n) is 4.81. The molecule has 1 fully saturated rings. The van der Waals surface area contributed by atoms with Gasteiger partial charge in [-0.05, 0) is 36.4 Å². The SMILES string of the molecule is O=C(Nc1ccc2ncccc2c1)N1CCN(c2ncccc2C(F)(F)F)CC1. The van der Waals surface area contributed by atoms with Gasteiger partial charge in [0, 0.05) is 49.6 Å². The van der Waals surface area contributed by atoms with Crippen molar-refractivity contribution in [1.29, 1.82) is 0 Å². The molecule has 9 heteroatoms. The maximum absolute atomic E-state index is 13.2. The minimum atomic E-state index is -4.47. The molecule has 0 bridgehead atoms. The van der Waals surface area contributed by atoms with E-state index >= 15 is 0 Å². The first-order valence-electron chi connectivity index (χ1n) is 9.10. The predicted molar refractivity (Wildman–Crippen MR) is 104 cm³/mol. The molecule has 6 nitrogen and oxygen atoms in total. The van der Waals surface area contributed by atoms with Gasteiger partial charge in [0.15, 0.2) is 0 Å². The largest absolute Gasteiger partial charge is 0.419 e. The molecule has 2 amide bonds. The zero-order valence-electron chi connectivity index (χ0n) is 15.4. The van der Waals surface area contributed by atoms with Gasteiger partial charge >= 0.3 is 12.2 Å². The second-order valence-corrected chi connectivity index (χ2v) is 6.69. The number of rotatable bonds is 2. The summed E-state index contributed by atoms with van der Waals surface area (Å²) in [6, 6.07) is 11.2. The topological polar surface area (TPSA) is 61.4 Å². The summed E-state index contributed by atoms with van der Waals surface area (Å²) < 4.78 is 39.6. The molecule has 0 spiro atoms. The highest BCUT2D eigenvalue weighted by molar-refractivity contribution is 5.92. The van der Waals surface area contributed by atoms with E-state index in [2.05, 4.69) is 15.3 Å². The van der Waals surface area contributed by atoms with Crippen LogP contribution in [0.1, 0.15) is 5.56 Å². The summed E-state index contributed by atoms with van der Waals surface area (Å²) in [7, 11) is 0. The second-order valence-electron chi connectivity index (χ2n) is 6.69. The van der Waals surface area contributed by atoms with E-state index in [1.807, 2.05) is 24.3 Å². The molecule has 4 rings (SSSR count). The van der Waals surface area contributed by atoms with Crippen molar-refractivity contribution in [2.75, 3.05) is 36.4 Å². The molecule has 1 aliphatic heterocycles. The van der Waals surface area contributed by atoms with Crippen LogP contribution in [-0.4, -0.2) is 47.1 Å². The number of amides is 2. The van der Waals surface area contributed by atoms with Gasteiger partial charge in [-0.1, -0.05) is 6.07 Å². The Morgan fingerprint density at radius 2 is 1.69 bits per heavy atom. The number of piperazine rings is 1. The van der Waals surface area contributed by atoms with Crippen LogP contribution in [-0.2, 0) is 6.18 Å². The monoisotopic (exact) mass is 401 g/mol. The molecule has 0 unspecified atom stereocenters. The molecule has 1 aliphatic rings. The average molecular weight is 401 g/mol. The number of nitrogens with zero attached hydrogens (tertiary/aromatic N) is 4. The van der Waals surface area contributed by atoms with Gasteiger partial charge in [0.05, 0.1) is 11.1 Å². The van der Waals surface area contributed by atoms with Crippen LogP contribution in [0.2, 0.25) is 0 Å². The number of nitrogens with one attached hydrogen (secondary N) is 1. The number of hydrogen-bond donors (Lipinski definition) is 1. The van der Waals surface area contributed by atoms with Crippen LogP contribution in [0.3, 0.4) is 0 Å². The average Bonchev–Trinajstić information content (AvgIpc) is 2.73. The number of fused-ring (bicyclic) bond motifs is 1. The molecular weight excluding hydrogens is 383 g/mol. The maximum Gasteiger partial charge on any atom is 0.419 e. The standard InChI is InChI=1S/C20H18F3N5O/c21-20(22,23)16-4-2-8-25-18(16)27-9-11-28(12-10-27)19(29)26-15-5-6-17-14(13-15)3-1-7-24-17/h1-8,13H,9-12H2,(H,26,29). The Labute approximate surface area is 165 Å². The van der Waals surface area contributed by atoms with E-state index < -0.39 is 11.7 Å². The zero-order chi connectivity index (χ0) is 20.4. The third-order valence-corrected chi connectivity index (χ3v) is 4.81. The molecular formula is C20H18F3N5O. The molecule has 1 aromatic carbocycles. The van der Waals surface area contributed by atoms with Crippen molar-refractivity contribution in [2.24, 2.45) is 0 Å². The Kier molecular flexibility index (Phi) is 4.96. The molecule has 3 aromatic rings. The fourth-order valence-electron chi connectivity index (χ4n) is 3.35. The Bertz CT molecular complexity index is 1030. The number of carbonyl (C=O) groups is 1. The summed E-state index contributed by atoms with van der Waals surface area (Å²) in [6.45, 7) is 1.15. The van der Waals surface area contributed by atoms with Crippen LogP contribution >= 0.6 is 0 Å². The highest BCUT2D eigenvalue weighted by Crippen LogP contribution is 2.35. The number of urea groups is 1. The van der Waals surface area contributed by atoms with Gasteiger partial charge in [-0.3, -0.25) is 4.98 Å². The molecule has 0 radical (unpaired) electrons. The Morgan fingerprint density at radius 3 is 2.45 bits per heavy atom. The molecule has 0 saturated carbocycles. The minimum Gasteiger partial charge on any atom is -0.353 e. The van der Waals surface area contributed by atoms with Gasteiger partial charge in [0.2, 0.25) is 0 Å². The fraction of sp³-hybridized carbons (Fsp3) is 0.250. The van der Waals surface area contributed by atoms with E-state index in [0.717, 1.165) is 17.0 Å². The van der Waals surface area contributed by atoms with Gasteiger partial charge in [-0.15, -0.1) is 0 Å². The van der Waals surface area contributed by atoms with E-state index in [-0.39, 0.29) is 24.9 Å². The summed E-state index contributed by atoms with van der Waals surface area (Å²) in [5, 5.41) is 3.75. The number of anilines is 2. The van der Waals surface area contributed by atoms with E-state index in [4.69, 9.17) is 0 Å². The lowest BCUT2D eigenvalue weighted by molar-refractivity contribution is -0.137. The van der Waals surface area contributed by atoms with Crippen molar-refractivity contribution >= 4 is 28.4 Å². The number of carbonyl (C=O) groups excluding carboxylic acids is 1. The quantitative estimate of drug-likeness (QED) is 0.705. The first kappa shape index (κ1) is 19.0. The Morgan fingerprint density at radius 1 is 0.966 bits per heavy atom. The van der Waals surface area contributed by atoms with Crippen LogP contribution in [0.4, 0.5) is 29.5 Å². The van der Waals surface area contributed by atoms with Gasteiger partial charge in [-0.25, -0.2) is 9.78 Å². The molecule has 2 aromatic heterocycles. The lowest BCUT2D eigenvalue weighted by atomic mass is 10.2. The van der Waals surface area contributed by atoms with Gasteiger partial charge in [0.1, 0.15) is 5.82 Å². The molecule has 0 aliphatic carbocycles. The fourth-order valence-corrected chi connectivity index (χ4v) is 3.35. The lowest BCUT2D eigenvalue weighted by Gasteiger charge is -2.36. The number of alkyl halides is 3. The Hall–Kier alpha value is -3.36. The van der Waals surface area contributed by atoms with E-state index in [1.165, 1.54) is 12.3 Å². The first-order valence-corrected chi connectivity index (χ1v) is 9.10. The van der Waals surface area contributed by atoms with E-state index in [0.29, 0.717) is 18.8 Å². The van der Waals surface area contributed by atoms with Crippen molar-refractivity contribution in [2.45, 2.75) is 6.18 Å². The van der Waals surface area contributed by atoms with Crippen molar-refractivity contribution in [3.05, 3.63) is 60.4 Å². The van der Waals surface area contributed by atoms with Gasteiger partial charge in [0.25, 0.3) is 0 Å². The maximum atomic E-state index is 13.2. The van der Waals surface area contributed by atoms with Crippen LogP contribution in [0.5, 0.6) is 0 Å². The second kappa shape index (κ2) is 7.57. The molecule has 1 N–H and O–H groups in total. The zero-order valence-corrected chi connectivity index (χ0v) is 15.4. The predicted octanol–water partition coefficient (Wildman–Crippen LogP) is 4.00. The number of halogens is 3. The lowest BCUT2D eigenvalue weighted by Crippen LogP contribution is -2.50. The molecule has 29 heavy (non-hydrogen) atoms. The molecule has 3 heterocycles. The summed E-state index contributed by atoms with van der Waals surface area (Å²) >= 11 is 0. The van der Waals surface area contributed by atoms with Crippen LogP contribution < -0.4 is 10.2 Å². The first-order chi connectivity index (χ1) is 13.9. The number of hydrogen-bond acceptors (Lipinski definition) is 4. The minimum absolute atomic E-state index is 0.0953. The molecule has 0 atom stereocenters. The van der Waals surface area contributed by atoms with Crippen LogP contribution in [0, 0.1) is 0 Å². The number of benzene rings is 1. The normalized spacial score (nSPS) is 14.9. The van der Waals surface area contributed by atoms with Crippen molar-refractivity contribution in [3.63, 3.8) is 0 Å². The summed E-state index contributed by atoms with van der Waals surface area (Å²) in [5.41, 5.74) is 0.708. The van der Waals surface area contributed by atoms with Crippen LogP contribution in [0.15, 0.2) is 54.9 Å². The molecule has 1 saturated heterocycles. The summed E-state index contributed by atoms with van der Waals surface area (Å²) in [5.74, 6) is -0.0953. The van der Waals surface area contributed by atoms with Crippen LogP contribution in [0.25, 0.3) is 10.9 Å². The van der Waals surface area contributed by atoms with E-state index in [1.54, 1.807) is 22.1 Å². The number of pyridine rings is 2. The smallest absolute Gasteiger partial charge is 0.353 e. The number of aromatic nitrogens is 2. The van der Waals surface area contributed by atoms with Gasteiger partial charge < -0.3 is 15.1 Å². The third kappa shape index (κ3) is 4.08. The van der Waals surface area contributed by atoms with Gasteiger partial charge in [-0.2, -0.15) is 13.2 Å². The van der Waals surface area contributed by atoms with Crippen molar-refractivity contribution < 1.29 is 18.0 Å². The van der Waals surface area contributed by atoms with E-state index in [9.17, 15) is 18.0 Å². The van der Waals surface area contributed by atoms with Crippen molar-refractivity contribution in [1.82, 2.24) is 14.9 Å². The Balaban J connectivity index is 1.41. The summed E-state index contributed by atoms with van der Waals surface area (Å²) in [4.78, 5) is 23.9. The van der Waals surface area contributed by atoms with Crippen molar-refractivity contribution in [3.8, 4) is 0 Å².